The van der Waals surface area contributed by atoms with Gasteiger partial charge in [-0.15, -0.1) is 10.2 Å². The van der Waals surface area contributed by atoms with Gasteiger partial charge >= 0.3 is 0 Å². The minimum Gasteiger partial charge on any atom is -0.360 e. The Morgan fingerprint density at radius 1 is 1.42 bits per heavy atom. The molecule has 1 fully saturated rings. The lowest BCUT2D eigenvalue weighted by molar-refractivity contribution is 0.0675. The molecule has 1 aliphatic heterocycles. The first kappa shape index (κ1) is 14.2. The van der Waals surface area contributed by atoms with E-state index in [1.807, 2.05) is 4.90 Å². The average molecular weight is 282 g/mol. The third kappa shape index (κ3) is 3.05. The van der Waals surface area contributed by atoms with Gasteiger partial charge in [0.1, 0.15) is 0 Å². The zero-order valence-corrected chi connectivity index (χ0v) is 12.7. The van der Waals surface area contributed by atoms with Crippen molar-refractivity contribution < 1.29 is 4.79 Å². The Balaban J connectivity index is 2.08. The van der Waals surface area contributed by atoms with Crippen molar-refractivity contribution in [3.63, 3.8) is 0 Å². The highest BCUT2D eigenvalue weighted by molar-refractivity contribution is 7.17. The van der Waals surface area contributed by atoms with Gasteiger partial charge in [-0.1, -0.05) is 25.2 Å². The number of aromatic nitrogens is 2. The summed E-state index contributed by atoms with van der Waals surface area (Å²) in [6.07, 6.45) is 4.23. The van der Waals surface area contributed by atoms with Crippen molar-refractivity contribution in [2.24, 2.45) is 0 Å². The fourth-order valence-electron chi connectivity index (χ4n) is 2.56. The van der Waals surface area contributed by atoms with Gasteiger partial charge in [-0.25, -0.2) is 0 Å². The molecule has 1 N–H and O–H groups in total. The Labute approximate surface area is 118 Å². The van der Waals surface area contributed by atoms with Crippen LogP contribution in [0.4, 0.5) is 5.13 Å². The molecule has 1 aliphatic rings. The van der Waals surface area contributed by atoms with Crippen LogP contribution in [0.5, 0.6) is 0 Å². The first-order chi connectivity index (χ1) is 9.17. The maximum absolute atomic E-state index is 12.5. The minimum absolute atomic E-state index is 0.0406. The van der Waals surface area contributed by atoms with Gasteiger partial charge in [0, 0.05) is 18.6 Å². The second-order valence-corrected chi connectivity index (χ2v) is 6.02. The number of nitrogens with one attached hydrogen (secondary N) is 1. The molecule has 19 heavy (non-hydrogen) atoms. The quantitative estimate of drug-likeness (QED) is 0.902. The number of carbonyl (C=O) groups excluding carboxylic acids is 1. The molecule has 2 heterocycles. The van der Waals surface area contributed by atoms with E-state index in [1.54, 1.807) is 0 Å². The number of carbonyl (C=O) groups is 1. The first-order valence-corrected chi connectivity index (χ1v) is 7.89. The van der Waals surface area contributed by atoms with Crippen LogP contribution in [0.3, 0.4) is 0 Å². The van der Waals surface area contributed by atoms with Gasteiger partial charge in [-0.3, -0.25) is 4.79 Å². The zero-order chi connectivity index (χ0) is 13.8. The SMILES string of the molecule is CCCNc1nnc(C(=O)N2C(C)CCC2CC)s1. The van der Waals surface area contributed by atoms with E-state index in [1.165, 1.54) is 11.3 Å². The van der Waals surface area contributed by atoms with Gasteiger partial charge in [0.15, 0.2) is 0 Å². The van der Waals surface area contributed by atoms with Crippen molar-refractivity contribution in [3.8, 4) is 0 Å². The topological polar surface area (TPSA) is 58.1 Å². The second-order valence-electron chi connectivity index (χ2n) is 5.04. The van der Waals surface area contributed by atoms with Crippen molar-refractivity contribution >= 4 is 22.4 Å². The van der Waals surface area contributed by atoms with Crippen LogP contribution < -0.4 is 5.32 Å². The van der Waals surface area contributed by atoms with Gasteiger partial charge < -0.3 is 10.2 Å². The summed E-state index contributed by atoms with van der Waals surface area (Å²) in [6.45, 7) is 7.21. The van der Waals surface area contributed by atoms with Crippen molar-refractivity contribution in [1.82, 2.24) is 15.1 Å². The average Bonchev–Trinajstić information content (AvgIpc) is 3.02. The lowest BCUT2D eigenvalue weighted by Crippen LogP contribution is -2.39. The molecule has 1 aromatic rings. The van der Waals surface area contributed by atoms with Crippen LogP contribution in [0.2, 0.25) is 0 Å². The highest BCUT2D eigenvalue weighted by Crippen LogP contribution is 2.29. The molecule has 106 valence electrons. The minimum atomic E-state index is 0.0406. The molecule has 0 spiro atoms. The van der Waals surface area contributed by atoms with Crippen molar-refractivity contribution in [2.45, 2.75) is 58.5 Å². The smallest absolute Gasteiger partial charge is 0.285 e. The molecule has 2 rings (SSSR count). The third-order valence-electron chi connectivity index (χ3n) is 3.63. The molecule has 0 bridgehead atoms. The van der Waals surface area contributed by atoms with Crippen LogP contribution in [0, 0.1) is 0 Å². The van der Waals surface area contributed by atoms with Crippen molar-refractivity contribution in [1.29, 1.82) is 0 Å². The van der Waals surface area contributed by atoms with E-state index in [4.69, 9.17) is 0 Å². The molecule has 1 saturated heterocycles. The van der Waals surface area contributed by atoms with Crippen LogP contribution >= 0.6 is 11.3 Å². The predicted molar refractivity (Wildman–Crippen MR) is 77.6 cm³/mol. The number of anilines is 1. The molecule has 5 nitrogen and oxygen atoms in total. The molecule has 0 saturated carbocycles. The summed E-state index contributed by atoms with van der Waals surface area (Å²) in [6, 6.07) is 0.673. The highest BCUT2D eigenvalue weighted by atomic mass is 32.1. The molecule has 1 amide bonds. The molecule has 0 aliphatic carbocycles. The molecule has 1 aromatic heterocycles. The Hall–Kier alpha value is -1.17. The van der Waals surface area contributed by atoms with E-state index in [0.717, 1.165) is 37.4 Å². The fraction of sp³-hybridized carbons (Fsp3) is 0.769. The number of amides is 1. The fourth-order valence-corrected chi connectivity index (χ4v) is 3.28. The van der Waals surface area contributed by atoms with Gasteiger partial charge in [-0.2, -0.15) is 0 Å². The molecule has 2 unspecified atom stereocenters. The Morgan fingerprint density at radius 2 is 2.21 bits per heavy atom. The summed E-state index contributed by atoms with van der Waals surface area (Å²) in [5, 5.41) is 12.5. The van der Waals surface area contributed by atoms with Crippen LogP contribution in [0.25, 0.3) is 0 Å². The maximum atomic E-state index is 12.5. The zero-order valence-electron chi connectivity index (χ0n) is 11.8. The number of hydrogen-bond acceptors (Lipinski definition) is 5. The van der Waals surface area contributed by atoms with Gasteiger partial charge in [0.25, 0.3) is 5.91 Å². The standard InChI is InChI=1S/C13H22N4OS/c1-4-8-14-13-16-15-11(19-13)12(18)17-9(3)6-7-10(17)5-2/h9-10H,4-8H2,1-3H3,(H,14,16). The summed E-state index contributed by atoms with van der Waals surface area (Å²) < 4.78 is 0. The Bertz CT molecular complexity index is 434. The number of rotatable bonds is 5. The maximum Gasteiger partial charge on any atom is 0.285 e. The number of likely N-dealkylation sites (tertiary alicyclic amines) is 1. The van der Waals surface area contributed by atoms with Crippen LogP contribution in [-0.4, -0.2) is 39.6 Å². The summed E-state index contributed by atoms with van der Waals surface area (Å²) in [5.74, 6) is 0.0406. The third-order valence-corrected chi connectivity index (χ3v) is 4.49. The second kappa shape index (κ2) is 6.32. The van der Waals surface area contributed by atoms with E-state index in [0.29, 0.717) is 17.1 Å². The van der Waals surface area contributed by atoms with E-state index < -0.39 is 0 Å². The molecule has 0 radical (unpaired) electrons. The Kier molecular flexibility index (Phi) is 4.74. The number of hydrogen-bond donors (Lipinski definition) is 1. The number of nitrogens with zero attached hydrogens (tertiary/aromatic N) is 3. The summed E-state index contributed by atoms with van der Waals surface area (Å²) in [4.78, 5) is 14.5. The van der Waals surface area contributed by atoms with E-state index in [9.17, 15) is 4.79 Å². The summed E-state index contributed by atoms with van der Waals surface area (Å²) >= 11 is 1.36. The van der Waals surface area contributed by atoms with Crippen LogP contribution in [-0.2, 0) is 0 Å². The molecular formula is C13H22N4OS. The van der Waals surface area contributed by atoms with E-state index in [2.05, 4.69) is 36.3 Å². The molecule has 2 atom stereocenters. The monoisotopic (exact) mass is 282 g/mol. The lowest BCUT2D eigenvalue weighted by Gasteiger charge is -2.26. The first-order valence-electron chi connectivity index (χ1n) is 7.07. The van der Waals surface area contributed by atoms with Gasteiger partial charge in [0.2, 0.25) is 10.1 Å². The predicted octanol–water partition coefficient (Wildman–Crippen LogP) is 2.76. The highest BCUT2D eigenvalue weighted by Gasteiger charge is 2.35. The Morgan fingerprint density at radius 3 is 2.89 bits per heavy atom. The van der Waals surface area contributed by atoms with Gasteiger partial charge in [-0.05, 0) is 32.6 Å². The van der Waals surface area contributed by atoms with Gasteiger partial charge in [0.05, 0.1) is 0 Å². The largest absolute Gasteiger partial charge is 0.360 e. The normalized spacial score (nSPS) is 22.8. The van der Waals surface area contributed by atoms with Crippen LogP contribution in [0.15, 0.2) is 0 Å². The summed E-state index contributed by atoms with van der Waals surface area (Å²) in [5.41, 5.74) is 0. The summed E-state index contributed by atoms with van der Waals surface area (Å²) in [7, 11) is 0. The lowest BCUT2D eigenvalue weighted by atomic mass is 10.1. The van der Waals surface area contributed by atoms with E-state index >= 15 is 0 Å². The van der Waals surface area contributed by atoms with Crippen LogP contribution in [0.1, 0.15) is 56.3 Å². The molecular weight excluding hydrogens is 260 g/mol. The van der Waals surface area contributed by atoms with Crippen molar-refractivity contribution in [3.05, 3.63) is 5.01 Å². The molecule has 6 heteroatoms. The van der Waals surface area contributed by atoms with E-state index in [-0.39, 0.29) is 5.91 Å². The molecule has 0 aromatic carbocycles. The van der Waals surface area contributed by atoms with Crippen molar-refractivity contribution in [2.75, 3.05) is 11.9 Å².